The van der Waals surface area contributed by atoms with Crippen molar-refractivity contribution in [1.82, 2.24) is 4.90 Å². The highest BCUT2D eigenvalue weighted by Gasteiger charge is 2.07. The Kier molecular flexibility index (Phi) is 5.80. The van der Waals surface area contributed by atoms with Gasteiger partial charge in [-0.25, -0.2) is 0 Å². The minimum atomic E-state index is -0.571. The summed E-state index contributed by atoms with van der Waals surface area (Å²) in [7, 11) is 0. The molecule has 0 heterocycles. The fourth-order valence-electron chi connectivity index (χ4n) is 0.915. The molecule has 0 atom stereocenters. The molecule has 0 saturated carbocycles. The predicted molar refractivity (Wildman–Crippen MR) is 48.7 cm³/mol. The SMILES string of the molecule is CCCC(C)=CC(=O)N(C=O)CO. The van der Waals surface area contributed by atoms with Gasteiger partial charge in [-0.3, -0.25) is 14.5 Å². The Labute approximate surface area is 77.8 Å². The third-order valence-corrected chi connectivity index (χ3v) is 1.58. The van der Waals surface area contributed by atoms with Gasteiger partial charge in [-0.1, -0.05) is 18.9 Å². The Balaban J connectivity index is 4.25. The standard InChI is InChI=1S/C9H15NO3/c1-3-4-8(2)5-9(13)10(6-11)7-12/h5-6,12H,3-4,7H2,1-2H3. The maximum atomic E-state index is 11.1. The van der Waals surface area contributed by atoms with Gasteiger partial charge in [0, 0.05) is 6.08 Å². The topological polar surface area (TPSA) is 57.6 Å². The average Bonchev–Trinajstić information content (AvgIpc) is 2.06. The molecule has 1 N–H and O–H groups in total. The van der Waals surface area contributed by atoms with Gasteiger partial charge in [0.25, 0.3) is 5.91 Å². The first-order chi connectivity index (χ1) is 6.15. The van der Waals surface area contributed by atoms with E-state index in [-0.39, 0.29) is 0 Å². The van der Waals surface area contributed by atoms with E-state index >= 15 is 0 Å². The fraction of sp³-hybridized carbons (Fsp3) is 0.556. The van der Waals surface area contributed by atoms with E-state index in [1.54, 1.807) is 0 Å². The minimum Gasteiger partial charge on any atom is -0.376 e. The molecule has 0 aliphatic rings. The zero-order valence-corrected chi connectivity index (χ0v) is 7.99. The van der Waals surface area contributed by atoms with Gasteiger partial charge < -0.3 is 5.11 Å². The van der Waals surface area contributed by atoms with E-state index in [2.05, 4.69) is 0 Å². The number of imide groups is 1. The molecule has 0 spiro atoms. The van der Waals surface area contributed by atoms with E-state index in [0.717, 1.165) is 18.4 Å². The molecule has 0 rings (SSSR count). The van der Waals surface area contributed by atoms with Crippen LogP contribution in [0.4, 0.5) is 0 Å². The Morgan fingerprint density at radius 3 is 2.54 bits per heavy atom. The summed E-state index contributed by atoms with van der Waals surface area (Å²) in [4.78, 5) is 22.1. The highest BCUT2D eigenvalue weighted by Crippen LogP contribution is 2.03. The molecule has 0 aromatic carbocycles. The molecule has 4 heteroatoms. The molecular weight excluding hydrogens is 170 g/mol. The number of allylic oxidation sites excluding steroid dienone is 1. The maximum absolute atomic E-state index is 11.1. The van der Waals surface area contributed by atoms with Crippen molar-refractivity contribution < 1.29 is 14.7 Å². The van der Waals surface area contributed by atoms with Crippen molar-refractivity contribution >= 4 is 12.3 Å². The lowest BCUT2D eigenvalue weighted by atomic mass is 10.1. The number of hydrogen-bond donors (Lipinski definition) is 1. The number of carbonyl (C=O) groups excluding carboxylic acids is 2. The first-order valence-corrected chi connectivity index (χ1v) is 4.19. The molecule has 0 aliphatic heterocycles. The van der Waals surface area contributed by atoms with Gasteiger partial charge in [-0.15, -0.1) is 0 Å². The Morgan fingerprint density at radius 2 is 2.15 bits per heavy atom. The number of carbonyl (C=O) groups is 2. The van der Waals surface area contributed by atoms with Crippen LogP contribution in [0.5, 0.6) is 0 Å². The van der Waals surface area contributed by atoms with E-state index in [1.807, 2.05) is 13.8 Å². The lowest BCUT2D eigenvalue weighted by Gasteiger charge is -2.08. The van der Waals surface area contributed by atoms with Gasteiger partial charge in [0.2, 0.25) is 6.41 Å². The second-order valence-corrected chi connectivity index (χ2v) is 2.80. The van der Waals surface area contributed by atoms with Gasteiger partial charge in [-0.2, -0.15) is 0 Å². The van der Waals surface area contributed by atoms with Crippen LogP contribution < -0.4 is 0 Å². The lowest BCUT2D eigenvalue weighted by molar-refractivity contribution is -0.138. The number of amides is 2. The minimum absolute atomic E-state index is 0.318. The van der Waals surface area contributed by atoms with Crippen LogP contribution in [0.3, 0.4) is 0 Å². The molecule has 0 saturated heterocycles. The molecule has 0 bridgehead atoms. The zero-order valence-electron chi connectivity index (χ0n) is 7.99. The van der Waals surface area contributed by atoms with Crippen LogP contribution in [0.15, 0.2) is 11.6 Å². The highest BCUT2D eigenvalue weighted by molar-refractivity contribution is 5.94. The summed E-state index contributed by atoms with van der Waals surface area (Å²) in [5.74, 6) is -0.469. The molecule has 0 radical (unpaired) electrons. The van der Waals surface area contributed by atoms with E-state index < -0.39 is 12.6 Å². The van der Waals surface area contributed by atoms with Crippen molar-refractivity contribution in [3.8, 4) is 0 Å². The normalized spacial score (nSPS) is 11.2. The molecule has 0 aromatic heterocycles. The third kappa shape index (κ3) is 4.42. The number of nitrogens with zero attached hydrogens (tertiary/aromatic N) is 1. The monoisotopic (exact) mass is 185 g/mol. The van der Waals surface area contributed by atoms with Gasteiger partial charge in [-0.05, 0) is 13.3 Å². The first-order valence-electron chi connectivity index (χ1n) is 4.19. The smallest absolute Gasteiger partial charge is 0.254 e. The Hall–Kier alpha value is -1.16. The van der Waals surface area contributed by atoms with E-state index in [1.165, 1.54) is 6.08 Å². The number of aliphatic hydroxyl groups excluding tert-OH is 1. The van der Waals surface area contributed by atoms with Gasteiger partial charge >= 0.3 is 0 Å². The van der Waals surface area contributed by atoms with E-state index in [9.17, 15) is 9.59 Å². The van der Waals surface area contributed by atoms with Crippen molar-refractivity contribution in [2.75, 3.05) is 6.73 Å². The summed E-state index contributed by atoms with van der Waals surface area (Å²) in [6.07, 6.45) is 3.46. The maximum Gasteiger partial charge on any atom is 0.254 e. The molecule has 74 valence electrons. The third-order valence-electron chi connectivity index (χ3n) is 1.58. The van der Waals surface area contributed by atoms with E-state index in [4.69, 9.17) is 5.11 Å². The van der Waals surface area contributed by atoms with Crippen LogP contribution in [-0.4, -0.2) is 29.1 Å². The largest absolute Gasteiger partial charge is 0.376 e. The van der Waals surface area contributed by atoms with Crippen LogP contribution in [0, 0.1) is 0 Å². The summed E-state index contributed by atoms with van der Waals surface area (Å²) in [6.45, 7) is 3.26. The van der Waals surface area contributed by atoms with Gasteiger partial charge in [0.05, 0.1) is 0 Å². The second kappa shape index (κ2) is 6.37. The molecular formula is C9H15NO3. The first kappa shape index (κ1) is 11.8. The van der Waals surface area contributed by atoms with Crippen LogP contribution in [0.1, 0.15) is 26.7 Å². The van der Waals surface area contributed by atoms with Gasteiger partial charge in [0.15, 0.2) is 0 Å². The Morgan fingerprint density at radius 1 is 1.54 bits per heavy atom. The second-order valence-electron chi connectivity index (χ2n) is 2.80. The van der Waals surface area contributed by atoms with Crippen LogP contribution in [-0.2, 0) is 9.59 Å². The molecule has 0 unspecified atom stereocenters. The number of rotatable bonds is 5. The van der Waals surface area contributed by atoms with E-state index in [0.29, 0.717) is 11.3 Å². The zero-order chi connectivity index (χ0) is 10.3. The molecule has 13 heavy (non-hydrogen) atoms. The quantitative estimate of drug-likeness (QED) is 0.389. The molecule has 4 nitrogen and oxygen atoms in total. The summed E-state index contributed by atoms with van der Waals surface area (Å²) in [6, 6.07) is 0. The van der Waals surface area contributed by atoms with Crippen molar-refractivity contribution in [3.63, 3.8) is 0 Å². The molecule has 0 aromatic rings. The van der Waals surface area contributed by atoms with Crippen molar-refractivity contribution in [3.05, 3.63) is 11.6 Å². The van der Waals surface area contributed by atoms with Crippen molar-refractivity contribution in [2.24, 2.45) is 0 Å². The number of aliphatic hydroxyl groups is 1. The lowest BCUT2D eigenvalue weighted by Crippen LogP contribution is -2.28. The van der Waals surface area contributed by atoms with Crippen molar-refractivity contribution in [2.45, 2.75) is 26.7 Å². The molecule has 2 amide bonds. The molecule has 0 fully saturated rings. The summed E-state index contributed by atoms with van der Waals surface area (Å²) < 4.78 is 0. The van der Waals surface area contributed by atoms with Crippen LogP contribution in [0.2, 0.25) is 0 Å². The Bertz CT molecular complexity index is 211. The summed E-state index contributed by atoms with van der Waals surface area (Å²) >= 11 is 0. The number of hydrogen-bond acceptors (Lipinski definition) is 3. The highest BCUT2D eigenvalue weighted by atomic mass is 16.3. The van der Waals surface area contributed by atoms with Gasteiger partial charge in [0.1, 0.15) is 6.73 Å². The van der Waals surface area contributed by atoms with Crippen LogP contribution in [0.25, 0.3) is 0 Å². The summed E-state index contributed by atoms with van der Waals surface area (Å²) in [5, 5.41) is 8.58. The molecule has 0 aliphatic carbocycles. The van der Waals surface area contributed by atoms with Crippen molar-refractivity contribution in [1.29, 1.82) is 0 Å². The average molecular weight is 185 g/mol. The summed E-state index contributed by atoms with van der Waals surface area (Å²) in [5.41, 5.74) is 0.910. The van der Waals surface area contributed by atoms with Crippen LogP contribution >= 0.6 is 0 Å². The predicted octanol–water partition coefficient (Wildman–Crippen LogP) is 0.668. The fourth-order valence-corrected chi connectivity index (χ4v) is 0.915.